The molecule has 0 aliphatic heterocycles. The number of hydrogen-bond acceptors (Lipinski definition) is 5. The quantitative estimate of drug-likeness (QED) is 0.370. The summed E-state index contributed by atoms with van der Waals surface area (Å²) in [7, 11) is 0. The van der Waals surface area contributed by atoms with Gasteiger partial charge >= 0.3 is 5.69 Å². The van der Waals surface area contributed by atoms with Crippen molar-refractivity contribution in [2.24, 2.45) is 0 Å². The van der Waals surface area contributed by atoms with Crippen LogP contribution in [0.3, 0.4) is 0 Å². The number of carbonyl (C=O) groups is 1. The third-order valence-corrected chi connectivity index (χ3v) is 5.50. The number of aromatic hydroxyl groups is 1. The molecule has 35 heavy (non-hydrogen) atoms. The van der Waals surface area contributed by atoms with Crippen molar-refractivity contribution in [2.45, 2.75) is 26.5 Å². The Labute approximate surface area is 201 Å². The molecule has 0 radical (unpaired) electrons. The second-order valence-electron chi connectivity index (χ2n) is 8.08. The molecule has 178 valence electrons. The van der Waals surface area contributed by atoms with Crippen LogP contribution >= 0.6 is 0 Å². The van der Waals surface area contributed by atoms with Gasteiger partial charge in [0.05, 0.1) is 11.4 Å². The normalized spacial score (nSPS) is 11.6. The summed E-state index contributed by atoms with van der Waals surface area (Å²) >= 11 is 0. The lowest BCUT2D eigenvalue weighted by Gasteiger charge is -2.15. The first kappa shape index (κ1) is 23.7. The summed E-state index contributed by atoms with van der Waals surface area (Å²) in [6, 6.07) is 19.9. The molecule has 4 rings (SSSR count). The number of benzene rings is 3. The van der Waals surface area contributed by atoms with Gasteiger partial charge in [0.15, 0.2) is 6.10 Å². The molecule has 1 atom stereocenters. The lowest BCUT2D eigenvalue weighted by Crippen LogP contribution is -2.36. The molecule has 0 saturated heterocycles. The highest BCUT2D eigenvalue weighted by molar-refractivity contribution is 5.80. The third kappa shape index (κ3) is 5.73. The second kappa shape index (κ2) is 10.2. The van der Waals surface area contributed by atoms with Gasteiger partial charge in [0.2, 0.25) is 0 Å². The van der Waals surface area contributed by atoms with Crippen LogP contribution in [0.4, 0.5) is 4.39 Å². The van der Waals surface area contributed by atoms with Crippen LogP contribution in [0.15, 0.2) is 77.6 Å². The first-order valence-corrected chi connectivity index (χ1v) is 11.0. The number of aromatic nitrogens is 2. The minimum Gasteiger partial charge on any atom is -0.508 e. The number of halogens is 1. The number of aromatic amines is 1. The Morgan fingerprint density at radius 3 is 2.51 bits per heavy atom. The highest BCUT2D eigenvalue weighted by atomic mass is 19.1. The van der Waals surface area contributed by atoms with Gasteiger partial charge in [-0.2, -0.15) is 4.98 Å². The molecule has 4 aromatic rings. The van der Waals surface area contributed by atoms with Crippen LogP contribution in [0.2, 0.25) is 0 Å². The average molecular weight is 474 g/mol. The molecule has 1 aromatic heterocycles. The van der Waals surface area contributed by atoms with Gasteiger partial charge < -0.3 is 20.1 Å². The second-order valence-corrected chi connectivity index (χ2v) is 8.08. The van der Waals surface area contributed by atoms with E-state index in [-0.39, 0.29) is 24.0 Å². The fourth-order valence-electron chi connectivity index (χ4n) is 3.51. The Bertz CT molecular complexity index is 1420. The van der Waals surface area contributed by atoms with Gasteiger partial charge in [0.25, 0.3) is 5.91 Å². The summed E-state index contributed by atoms with van der Waals surface area (Å²) in [5, 5.41) is 12.4. The SMILES string of the molecule is Cc1cc(-c2cc(-c3ccc(OC(C)C(=O)NCc4ccccc4F)cc3)[nH]c(=O)n2)ccc1O. The molecule has 0 fully saturated rings. The van der Waals surface area contributed by atoms with Crippen molar-refractivity contribution in [1.29, 1.82) is 0 Å². The van der Waals surface area contributed by atoms with E-state index in [0.717, 1.165) is 5.56 Å². The van der Waals surface area contributed by atoms with Gasteiger partial charge in [-0.3, -0.25) is 4.79 Å². The van der Waals surface area contributed by atoms with Crippen molar-refractivity contribution in [3.8, 4) is 34.0 Å². The van der Waals surface area contributed by atoms with E-state index in [1.165, 1.54) is 6.07 Å². The molecule has 0 saturated carbocycles. The van der Waals surface area contributed by atoms with E-state index in [9.17, 15) is 19.1 Å². The first-order chi connectivity index (χ1) is 16.8. The van der Waals surface area contributed by atoms with Gasteiger partial charge in [-0.15, -0.1) is 0 Å². The minimum atomic E-state index is -0.794. The Balaban J connectivity index is 1.44. The van der Waals surface area contributed by atoms with Crippen molar-refractivity contribution in [1.82, 2.24) is 15.3 Å². The van der Waals surface area contributed by atoms with Crippen molar-refractivity contribution >= 4 is 5.91 Å². The smallest absolute Gasteiger partial charge is 0.345 e. The zero-order valence-electron chi connectivity index (χ0n) is 19.2. The largest absolute Gasteiger partial charge is 0.508 e. The Morgan fingerprint density at radius 2 is 1.80 bits per heavy atom. The van der Waals surface area contributed by atoms with Crippen LogP contribution in [0, 0.1) is 12.7 Å². The van der Waals surface area contributed by atoms with Crippen molar-refractivity contribution < 1.29 is 19.0 Å². The van der Waals surface area contributed by atoms with E-state index in [2.05, 4.69) is 15.3 Å². The highest BCUT2D eigenvalue weighted by Crippen LogP contribution is 2.27. The number of hydrogen-bond donors (Lipinski definition) is 3. The molecular formula is C27H24FN3O4. The Hall–Kier alpha value is -4.46. The lowest BCUT2D eigenvalue weighted by atomic mass is 10.1. The van der Waals surface area contributed by atoms with Gasteiger partial charge in [0, 0.05) is 17.7 Å². The molecule has 1 amide bonds. The van der Waals surface area contributed by atoms with E-state index in [4.69, 9.17) is 4.74 Å². The van der Waals surface area contributed by atoms with Gasteiger partial charge in [-0.05, 0) is 79.6 Å². The molecule has 1 heterocycles. The predicted molar refractivity (Wildman–Crippen MR) is 130 cm³/mol. The number of aryl methyl sites for hydroxylation is 1. The summed E-state index contributed by atoms with van der Waals surface area (Å²) in [6.45, 7) is 3.44. The molecule has 0 aliphatic carbocycles. The summed E-state index contributed by atoms with van der Waals surface area (Å²) < 4.78 is 19.4. The first-order valence-electron chi connectivity index (χ1n) is 11.0. The monoisotopic (exact) mass is 473 g/mol. The van der Waals surface area contributed by atoms with Crippen molar-refractivity contribution in [3.05, 3.63) is 100 Å². The summed E-state index contributed by atoms with van der Waals surface area (Å²) in [5.74, 6) is -0.114. The number of amides is 1. The van der Waals surface area contributed by atoms with Crippen LogP contribution in [-0.2, 0) is 11.3 Å². The molecule has 3 aromatic carbocycles. The van der Waals surface area contributed by atoms with E-state index >= 15 is 0 Å². The zero-order chi connectivity index (χ0) is 24.9. The molecule has 8 heteroatoms. The molecule has 0 spiro atoms. The van der Waals surface area contributed by atoms with Crippen LogP contribution in [0.25, 0.3) is 22.5 Å². The number of ether oxygens (including phenoxy) is 1. The third-order valence-electron chi connectivity index (χ3n) is 5.50. The zero-order valence-corrected chi connectivity index (χ0v) is 19.2. The number of phenols is 1. The summed E-state index contributed by atoms with van der Waals surface area (Å²) in [6.07, 6.45) is -0.794. The van der Waals surface area contributed by atoms with E-state index in [1.807, 2.05) is 0 Å². The van der Waals surface area contributed by atoms with Crippen LogP contribution in [-0.4, -0.2) is 27.1 Å². The van der Waals surface area contributed by atoms with Crippen LogP contribution in [0.5, 0.6) is 11.5 Å². The number of nitrogens with one attached hydrogen (secondary N) is 2. The number of phenolic OH excluding ortho intramolecular Hbond substituents is 1. The lowest BCUT2D eigenvalue weighted by molar-refractivity contribution is -0.127. The molecular weight excluding hydrogens is 449 g/mol. The number of nitrogens with zero attached hydrogens (tertiary/aromatic N) is 1. The number of carbonyl (C=O) groups excluding carboxylic acids is 1. The maximum atomic E-state index is 13.7. The minimum absolute atomic E-state index is 0.0659. The molecule has 3 N–H and O–H groups in total. The topological polar surface area (TPSA) is 104 Å². The Morgan fingerprint density at radius 1 is 1.09 bits per heavy atom. The highest BCUT2D eigenvalue weighted by Gasteiger charge is 2.15. The van der Waals surface area contributed by atoms with Gasteiger partial charge in [-0.1, -0.05) is 18.2 Å². The van der Waals surface area contributed by atoms with E-state index in [0.29, 0.717) is 33.8 Å². The molecule has 1 unspecified atom stereocenters. The van der Waals surface area contributed by atoms with Crippen LogP contribution in [0.1, 0.15) is 18.1 Å². The van der Waals surface area contributed by atoms with Gasteiger partial charge in [-0.25, -0.2) is 9.18 Å². The molecule has 0 bridgehead atoms. The maximum absolute atomic E-state index is 13.7. The van der Waals surface area contributed by atoms with E-state index < -0.39 is 11.8 Å². The maximum Gasteiger partial charge on any atom is 0.345 e. The predicted octanol–water partition coefficient (Wildman–Crippen LogP) is 4.34. The summed E-state index contributed by atoms with van der Waals surface area (Å²) in [4.78, 5) is 31.3. The van der Waals surface area contributed by atoms with Gasteiger partial charge in [0.1, 0.15) is 17.3 Å². The van der Waals surface area contributed by atoms with Crippen molar-refractivity contribution in [3.63, 3.8) is 0 Å². The fraction of sp³-hybridized carbons (Fsp3) is 0.148. The molecule has 0 aliphatic rings. The van der Waals surface area contributed by atoms with Crippen LogP contribution < -0.4 is 15.7 Å². The summed E-state index contributed by atoms with van der Waals surface area (Å²) in [5.41, 5.74) is 3.06. The standard InChI is InChI=1S/C27H24FN3O4/c1-16-13-19(9-12-25(16)32)24-14-23(30-27(34)31-24)18-7-10-21(11-8-18)35-17(2)26(33)29-15-20-5-3-4-6-22(20)28/h3-14,17,32H,15H2,1-2H3,(H,29,33)(H,30,31,34). The van der Waals surface area contributed by atoms with E-state index in [1.54, 1.807) is 80.6 Å². The number of H-pyrrole nitrogens is 1. The average Bonchev–Trinajstić information content (AvgIpc) is 2.85. The fourth-order valence-corrected chi connectivity index (χ4v) is 3.51. The number of rotatable bonds is 7. The Kier molecular flexibility index (Phi) is 6.91. The molecule has 7 nitrogen and oxygen atoms in total. The van der Waals surface area contributed by atoms with Crippen molar-refractivity contribution in [2.75, 3.05) is 0 Å².